The van der Waals surface area contributed by atoms with E-state index in [-0.39, 0.29) is 18.4 Å². The average molecular weight is 387 g/mol. The Labute approximate surface area is 163 Å². The fraction of sp³-hybridized carbons (Fsp3) is 0.300. The minimum absolute atomic E-state index is 0.0127. The Kier molecular flexibility index (Phi) is 6.45. The Morgan fingerprint density at radius 1 is 1.00 bits per heavy atom. The first-order chi connectivity index (χ1) is 13.1. The highest BCUT2D eigenvalue weighted by Gasteiger charge is 2.23. The van der Waals surface area contributed by atoms with Gasteiger partial charge in [-0.25, -0.2) is 0 Å². The van der Waals surface area contributed by atoms with Crippen molar-refractivity contribution in [2.75, 3.05) is 38.0 Å². The van der Waals surface area contributed by atoms with Gasteiger partial charge in [-0.2, -0.15) is 0 Å². The van der Waals surface area contributed by atoms with Crippen LogP contribution in [0, 0.1) is 0 Å². The van der Waals surface area contributed by atoms with Gasteiger partial charge < -0.3 is 16.0 Å². The van der Waals surface area contributed by atoms with Crippen molar-refractivity contribution in [3.05, 3.63) is 64.7 Å². The minimum atomic E-state index is -0.111. The van der Waals surface area contributed by atoms with Crippen molar-refractivity contribution in [3.63, 3.8) is 0 Å². The van der Waals surface area contributed by atoms with Gasteiger partial charge in [0.25, 0.3) is 5.91 Å². The molecule has 0 unspecified atom stereocenters. The second-order valence-corrected chi connectivity index (χ2v) is 6.90. The zero-order valence-electron chi connectivity index (χ0n) is 15.0. The molecule has 0 saturated carbocycles. The number of hydrogen-bond donors (Lipinski definition) is 2. The minimum Gasteiger partial charge on any atom is -0.336 e. The summed E-state index contributed by atoms with van der Waals surface area (Å²) in [6.07, 6.45) is 0. The lowest BCUT2D eigenvalue weighted by molar-refractivity contribution is -0.117. The zero-order chi connectivity index (χ0) is 19.2. The number of para-hydroxylation sites is 1. The first-order valence-corrected chi connectivity index (χ1v) is 9.29. The molecule has 1 fully saturated rings. The number of piperazine rings is 1. The van der Waals surface area contributed by atoms with Gasteiger partial charge in [0.05, 0.1) is 17.3 Å². The van der Waals surface area contributed by atoms with E-state index >= 15 is 0 Å². The monoisotopic (exact) mass is 386 g/mol. The van der Waals surface area contributed by atoms with E-state index in [9.17, 15) is 9.59 Å². The molecule has 0 radical (unpaired) electrons. The average Bonchev–Trinajstić information content (AvgIpc) is 2.70. The van der Waals surface area contributed by atoms with E-state index in [0.717, 1.165) is 5.56 Å². The second-order valence-electron chi connectivity index (χ2n) is 6.50. The highest BCUT2D eigenvalue weighted by Crippen LogP contribution is 2.20. The summed E-state index contributed by atoms with van der Waals surface area (Å²) in [6, 6.07) is 14.5. The zero-order valence-corrected chi connectivity index (χ0v) is 15.8. The SMILES string of the molecule is NCc1ccc(C(=O)N2CCN(CC(=O)Nc3ccccc3Cl)CC2)cc1. The van der Waals surface area contributed by atoms with Crippen LogP contribution in [0.15, 0.2) is 48.5 Å². The fourth-order valence-corrected chi connectivity index (χ4v) is 3.21. The Balaban J connectivity index is 1.48. The predicted molar refractivity (Wildman–Crippen MR) is 107 cm³/mol. The number of nitrogens with zero attached hydrogens (tertiary/aromatic N) is 2. The number of amides is 2. The third-order valence-electron chi connectivity index (χ3n) is 4.61. The van der Waals surface area contributed by atoms with Gasteiger partial charge in [0.1, 0.15) is 0 Å². The molecule has 6 nitrogen and oxygen atoms in total. The Morgan fingerprint density at radius 2 is 1.67 bits per heavy atom. The summed E-state index contributed by atoms with van der Waals surface area (Å²) in [5.41, 5.74) is 7.86. The van der Waals surface area contributed by atoms with E-state index in [0.29, 0.717) is 49.0 Å². The predicted octanol–water partition coefficient (Wildman–Crippen LogP) is 2.20. The number of anilines is 1. The molecular weight excluding hydrogens is 364 g/mol. The highest BCUT2D eigenvalue weighted by atomic mass is 35.5. The molecule has 1 heterocycles. The van der Waals surface area contributed by atoms with E-state index < -0.39 is 0 Å². The quantitative estimate of drug-likeness (QED) is 0.825. The van der Waals surface area contributed by atoms with Crippen LogP contribution in [0.1, 0.15) is 15.9 Å². The molecule has 142 valence electrons. The molecule has 1 aliphatic rings. The summed E-state index contributed by atoms with van der Waals surface area (Å²) < 4.78 is 0. The lowest BCUT2D eigenvalue weighted by Crippen LogP contribution is -2.50. The van der Waals surface area contributed by atoms with Crippen LogP contribution in [0.5, 0.6) is 0 Å². The van der Waals surface area contributed by atoms with Gasteiger partial charge in [-0.1, -0.05) is 35.9 Å². The third kappa shape index (κ3) is 5.07. The van der Waals surface area contributed by atoms with Crippen molar-refractivity contribution < 1.29 is 9.59 Å². The number of halogens is 1. The molecule has 0 aromatic heterocycles. The number of benzene rings is 2. The van der Waals surface area contributed by atoms with Crippen molar-refractivity contribution in [1.29, 1.82) is 0 Å². The van der Waals surface area contributed by atoms with Crippen LogP contribution in [0.4, 0.5) is 5.69 Å². The van der Waals surface area contributed by atoms with Crippen molar-refractivity contribution >= 4 is 29.1 Å². The Hall–Kier alpha value is -2.41. The van der Waals surface area contributed by atoms with Gasteiger partial charge in [0, 0.05) is 38.3 Å². The van der Waals surface area contributed by atoms with Crippen LogP contribution in [0.2, 0.25) is 5.02 Å². The number of carbonyl (C=O) groups is 2. The van der Waals surface area contributed by atoms with Gasteiger partial charge in [-0.3, -0.25) is 14.5 Å². The Bertz CT molecular complexity index is 802. The topological polar surface area (TPSA) is 78.7 Å². The lowest BCUT2D eigenvalue weighted by Gasteiger charge is -2.34. The summed E-state index contributed by atoms with van der Waals surface area (Å²) in [5.74, 6) is -0.0982. The summed E-state index contributed by atoms with van der Waals surface area (Å²) in [4.78, 5) is 28.7. The van der Waals surface area contributed by atoms with Crippen molar-refractivity contribution in [2.45, 2.75) is 6.54 Å². The van der Waals surface area contributed by atoms with Gasteiger partial charge in [-0.15, -0.1) is 0 Å². The smallest absolute Gasteiger partial charge is 0.253 e. The maximum atomic E-state index is 12.6. The van der Waals surface area contributed by atoms with E-state index in [2.05, 4.69) is 5.32 Å². The highest BCUT2D eigenvalue weighted by molar-refractivity contribution is 6.33. The molecule has 2 aromatic carbocycles. The van der Waals surface area contributed by atoms with E-state index in [1.165, 1.54) is 0 Å². The first kappa shape index (κ1) is 19.4. The maximum Gasteiger partial charge on any atom is 0.253 e. The molecule has 2 amide bonds. The molecule has 1 saturated heterocycles. The molecule has 3 N–H and O–H groups in total. The maximum absolute atomic E-state index is 12.6. The van der Waals surface area contributed by atoms with Crippen LogP contribution in [-0.4, -0.2) is 54.3 Å². The molecule has 0 spiro atoms. The fourth-order valence-electron chi connectivity index (χ4n) is 3.03. The van der Waals surface area contributed by atoms with E-state index in [1.54, 1.807) is 12.1 Å². The first-order valence-electron chi connectivity index (χ1n) is 8.92. The largest absolute Gasteiger partial charge is 0.336 e. The molecule has 1 aliphatic heterocycles. The van der Waals surface area contributed by atoms with Gasteiger partial charge in [-0.05, 0) is 29.8 Å². The van der Waals surface area contributed by atoms with Crippen molar-refractivity contribution in [3.8, 4) is 0 Å². The van der Waals surface area contributed by atoms with Gasteiger partial charge in [0.15, 0.2) is 0 Å². The van der Waals surface area contributed by atoms with Crippen molar-refractivity contribution in [1.82, 2.24) is 9.80 Å². The summed E-state index contributed by atoms with van der Waals surface area (Å²) in [7, 11) is 0. The Morgan fingerprint density at radius 3 is 2.30 bits per heavy atom. The van der Waals surface area contributed by atoms with Gasteiger partial charge >= 0.3 is 0 Å². The van der Waals surface area contributed by atoms with Crippen LogP contribution >= 0.6 is 11.6 Å². The van der Waals surface area contributed by atoms with E-state index in [1.807, 2.05) is 46.2 Å². The third-order valence-corrected chi connectivity index (χ3v) is 4.94. The van der Waals surface area contributed by atoms with Gasteiger partial charge in [0.2, 0.25) is 5.91 Å². The number of rotatable bonds is 5. The molecule has 2 aromatic rings. The second kappa shape index (κ2) is 8.99. The lowest BCUT2D eigenvalue weighted by atomic mass is 10.1. The normalized spacial score (nSPS) is 14.8. The molecule has 0 aliphatic carbocycles. The molecular formula is C20H23ClN4O2. The number of nitrogens with one attached hydrogen (secondary N) is 1. The molecule has 3 rings (SSSR count). The standard InChI is InChI=1S/C20H23ClN4O2/c21-17-3-1-2-4-18(17)23-19(26)14-24-9-11-25(12-10-24)20(27)16-7-5-15(13-22)6-8-16/h1-8H,9-14,22H2,(H,23,26). The molecule has 27 heavy (non-hydrogen) atoms. The number of hydrogen-bond acceptors (Lipinski definition) is 4. The van der Waals surface area contributed by atoms with Crippen LogP contribution in [0.3, 0.4) is 0 Å². The molecule has 7 heteroatoms. The summed E-state index contributed by atoms with van der Waals surface area (Å²) in [6.45, 7) is 3.24. The molecule has 0 atom stereocenters. The number of nitrogens with two attached hydrogens (primary N) is 1. The van der Waals surface area contributed by atoms with Crippen LogP contribution in [0.25, 0.3) is 0 Å². The molecule has 0 bridgehead atoms. The summed E-state index contributed by atoms with van der Waals surface area (Å²) >= 11 is 6.06. The van der Waals surface area contributed by atoms with E-state index in [4.69, 9.17) is 17.3 Å². The number of carbonyl (C=O) groups excluding carboxylic acids is 2. The van der Waals surface area contributed by atoms with Crippen LogP contribution < -0.4 is 11.1 Å². The van der Waals surface area contributed by atoms with Crippen LogP contribution in [-0.2, 0) is 11.3 Å². The van der Waals surface area contributed by atoms with Crippen molar-refractivity contribution in [2.24, 2.45) is 5.73 Å². The summed E-state index contributed by atoms with van der Waals surface area (Å²) in [5, 5.41) is 3.34.